The monoisotopic (exact) mass is 224 g/mol. The highest BCUT2D eigenvalue weighted by atomic mass is 16.2. The minimum atomic E-state index is 0.134. The van der Waals surface area contributed by atoms with Crippen molar-refractivity contribution in [2.45, 2.75) is 19.8 Å². The molecule has 1 aromatic rings. The van der Waals surface area contributed by atoms with Gasteiger partial charge < -0.3 is 10.2 Å². The van der Waals surface area contributed by atoms with E-state index in [1.165, 1.54) is 0 Å². The summed E-state index contributed by atoms with van der Waals surface area (Å²) in [6.45, 7) is 2.72. The molecule has 1 N–H and O–H groups in total. The van der Waals surface area contributed by atoms with Crippen molar-refractivity contribution >= 4 is 11.6 Å². The second kappa shape index (κ2) is 5.53. The van der Waals surface area contributed by atoms with Crippen molar-refractivity contribution in [3.8, 4) is 0 Å². The molecule has 0 saturated heterocycles. The highest BCUT2D eigenvalue weighted by molar-refractivity contribution is 5.76. The van der Waals surface area contributed by atoms with Gasteiger partial charge in [-0.1, -0.05) is 6.92 Å². The van der Waals surface area contributed by atoms with E-state index >= 15 is 0 Å². The van der Waals surface area contributed by atoms with E-state index in [0.717, 1.165) is 17.8 Å². The molecule has 5 heteroatoms. The van der Waals surface area contributed by atoms with Crippen molar-refractivity contribution in [1.29, 1.82) is 0 Å². The van der Waals surface area contributed by atoms with Crippen molar-refractivity contribution in [1.82, 2.24) is 14.7 Å². The summed E-state index contributed by atoms with van der Waals surface area (Å²) >= 11 is 0. The van der Waals surface area contributed by atoms with Crippen LogP contribution in [0.25, 0.3) is 0 Å². The molecular weight excluding hydrogens is 204 g/mol. The van der Waals surface area contributed by atoms with Crippen molar-refractivity contribution in [3.05, 3.63) is 11.9 Å². The van der Waals surface area contributed by atoms with E-state index in [-0.39, 0.29) is 5.91 Å². The molecule has 0 aliphatic heterocycles. The van der Waals surface area contributed by atoms with Crippen LogP contribution in [-0.2, 0) is 18.3 Å². The molecule has 1 heterocycles. The molecule has 0 atom stereocenters. The third kappa shape index (κ3) is 3.25. The maximum absolute atomic E-state index is 11.4. The number of rotatable bonds is 5. The lowest BCUT2D eigenvalue weighted by Gasteiger charge is -2.10. The Hall–Kier alpha value is -1.52. The second-order valence-corrected chi connectivity index (χ2v) is 3.98. The Morgan fingerprint density at radius 2 is 2.25 bits per heavy atom. The SMILES string of the molecule is CCc1nn(C)cc1NCCC(=O)N(C)C. The molecule has 16 heavy (non-hydrogen) atoms. The molecule has 0 fully saturated rings. The molecule has 90 valence electrons. The third-order valence-electron chi connectivity index (χ3n) is 2.39. The van der Waals surface area contributed by atoms with Crippen molar-refractivity contribution in [2.75, 3.05) is 26.0 Å². The molecule has 0 bridgehead atoms. The zero-order chi connectivity index (χ0) is 12.1. The van der Waals surface area contributed by atoms with Gasteiger partial charge in [0.25, 0.3) is 0 Å². The number of nitrogens with one attached hydrogen (secondary N) is 1. The summed E-state index contributed by atoms with van der Waals surface area (Å²) < 4.78 is 1.79. The highest BCUT2D eigenvalue weighted by Crippen LogP contribution is 2.13. The van der Waals surface area contributed by atoms with Crippen LogP contribution < -0.4 is 5.32 Å². The molecule has 1 aromatic heterocycles. The molecule has 0 aliphatic carbocycles. The van der Waals surface area contributed by atoms with Crippen LogP contribution in [0.2, 0.25) is 0 Å². The maximum atomic E-state index is 11.4. The van der Waals surface area contributed by atoms with E-state index in [1.54, 1.807) is 23.7 Å². The molecule has 0 saturated carbocycles. The van der Waals surface area contributed by atoms with Gasteiger partial charge in [0.2, 0.25) is 5.91 Å². The van der Waals surface area contributed by atoms with Gasteiger partial charge in [-0.3, -0.25) is 9.48 Å². The topological polar surface area (TPSA) is 50.2 Å². The number of hydrogen-bond acceptors (Lipinski definition) is 3. The third-order valence-corrected chi connectivity index (χ3v) is 2.39. The number of carbonyl (C=O) groups is 1. The van der Waals surface area contributed by atoms with Crippen molar-refractivity contribution < 1.29 is 4.79 Å². The zero-order valence-electron chi connectivity index (χ0n) is 10.4. The van der Waals surface area contributed by atoms with Crippen LogP contribution in [0.1, 0.15) is 19.0 Å². The molecule has 5 nitrogen and oxygen atoms in total. The number of nitrogens with zero attached hydrogens (tertiary/aromatic N) is 3. The minimum absolute atomic E-state index is 0.134. The standard InChI is InChI=1S/C11H20N4O/c1-5-9-10(8-15(4)13-9)12-7-6-11(16)14(2)3/h8,12H,5-7H2,1-4H3. The number of anilines is 1. The van der Waals surface area contributed by atoms with Crippen molar-refractivity contribution in [3.63, 3.8) is 0 Å². The van der Waals surface area contributed by atoms with Crippen LogP contribution in [0, 0.1) is 0 Å². The Morgan fingerprint density at radius 3 is 2.81 bits per heavy atom. The molecule has 1 amide bonds. The molecular formula is C11H20N4O. The first-order chi connectivity index (χ1) is 7.54. The first-order valence-corrected chi connectivity index (χ1v) is 5.51. The van der Waals surface area contributed by atoms with E-state index in [1.807, 2.05) is 13.2 Å². The van der Waals surface area contributed by atoms with Crippen LogP contribution in [0.4, 0.5) is 5.69 Å². The molecule has 0 unspecified atom stereocenters. The Kier molecular flexibility index (Phi) is 4.34. The van der Waals surface area contributed by atoms with Gasteiger partial charge in [-0.05, 0) is 6.42 Å². The largest absolute Gasteiger partial charge is 0.382 e. The molecule has 0 aliphatic rings. The van der Waals surface area contributed by atoms with Crippen molar-refractivity contribution in [2.24, 2.45) is 7.05 Å². The first kappa shape index (κ1) is 12.5. The van der Waals surface area contributed by atoms with Gasteiger partial charge in [-0.2, -0.15) is 5.10 Å². The lowest BCUT2D eigenvalue weighted by molar-refractivity contribution is -0.128. The van der Waals surface area contributed by atoms with Gasteiger partial charge in [0.1, 0.15) is 0 Å². The lowest BCUT2D eigenvalue weighted by Crippen LogP contribution is -2.23. The van der Waals surface area contributed by atoms with E-state index in [4.69, 9.17) is 0 Å². The summed E-state index contributed by atoms with van der Waals surface area (Å²) in [7, 11) is 5.43. The molecule has 0 spiro atoms. The second-order valence-electron chi connectivity index (χ2n) is 3.98. The van der Waals surface area contributed by atoms with Crippen LogP contribution in [0.5, 0.6) is 0 Å². The van der Waals surface area contributed by atoms with Crippen LogP contribution >= 0.6 is 0 Å². The molecule has 0 aromatic carbocycles. The molecule has 0 radical (unpaired) electrons. The normalized spacial score (nSPS) is 10.2. The number of amides is 1. The smallest absolute Gasteiger partial charge is 0.223 e. The Morgan fingerprint density at radius 1 is 1.56 bits per heavy atom. The Balaban J connectivity index is 2.45. The summed E-state index contributed by atoms with van der Waals surface area (Å²) in [6, 6.07) is 0. The highest BCUT2D eigenvalue weighted by Gasteiger charge is 2.07. The predicted molar refractivity (Wildman–Crippen MR) is 64.4 cm³/mol. The summed E-state index contributed by atoms with van der Waals surface area (Å²) in [6.07, 6.45) is 3.34. The first-order valence-electron chi connectivity index (χ1n) is 5.51. The average molecular weight is 224 g/mol. The summed E-state index contributed by atoms with van der Waals surface area (Å²) in [5.74, 6) is 0.134. The Bertz CT molecular complexity index is 357. The fraction of sp³-hybridized carbons (Fsp3) is 0.636. The Labute approximate surface area is 96.4 Å². The lowest BCUT2D eigenvalue weighted by atomic mass is 10.3. The minimum Gasteiger partial charge on any atom is -0.382 e. The van der Waals surface area contributed by atoms with Crippen LogP contribution in [-0.4, -0.2) is 41.2 Å². The van der Waals surface area contributed by atoms with Gasteiger partial charge in [-0.25, -0.2) is 0 Å². The molecule has 1 rings (SSSR count). The van der Waals surface area contributed by atoms with Gasteiger partial charge in [-0.15, -0.1) is 0 Å². The number of carbonyl (C=O) groups excluding carboxylic acids is 1. The average Bonchev–Trinajstić information content (AvgIpc) is 2.58. The number of hydrogen-bond donors (Lipinski definition) is 1. The summed E-state index contributed by atoms with van der Waals surface area (Å²) in [5, 5.41) is 7.56. The predicted octanol–water partition coefficient (Wildman–Crippen LogP) is 0.873. The number of aromatic nitrogens is 2. The van der Waals surface area contributed by atoms with Gasteiger partial charge >= 0.3 is 0 Å². The van der Waals surface area contributed by atoms with E-state index in [9.17, 15) is 4.79 Å². The number of aryl methyl sites for hydroxylation is 2. The van der Waals surface area contributed by atoms with E-state index in [0.29, 0.717) is 13.0 Å². The quantitative estimate of drug-likeness (QED) is 0.807. The maximum Gasteiger partial charge on any atom is 0.223 e. The van der Waals surface area contributed by atoms with E-state index < -0.39 is 0 Å². The van der Waals surface area contributed by atoms with Gasteiger partial charge in [0.05, 0.1) is 11.4 Å². The van der Waals surface area contributed by atoms with Crippen LogP contribution in [0.15, 0.2) is 6.20 Å². The van der Waals surface area contributed by atoms with Gasteiger partial charge in [0.15, 0.2) is 0 Å². The fourth-order valence-electron chi connectivity index (χ4n) is 1.47. The fourth-order valence-corrected chi connectivity index (χ4v) is 1.47. The summed E-state index contributed by atoms with van der Waals surface area (Å²) in [5.41, 5.74) is 2.07. The van der Waals surface area contributed by atoms with Gasteiger partial charge in [0, 0.05) is 40.3 Å². The van der Waals surface area contributed by atoms with E-state index in [2.05, 4.69) is 17.3 Å². The van der Waals surface area contributed by atoms with Crippen LogP contribution in [0.3, 0.4) is 0 Å². The zero-order valence-corrected chi connectivity index (χ0v) is 10.4. The summed E-state index contributed by atoms with van der Waals surface area (Å²) in [4.78, 5) is 13.0.